The fourth-order valence-corrected chi connectivity index (χ4v) is 3.39. The van der Waals surface area contributed by atoms with Gasteiger partial charge in [0.25, 0.3) is 5.91 Å². The molecule has 22 heavy (non-hydrogen) atoms. The fraction of sp³-hybridized carbons (Fsp3) is 0.375. The molecule has 1 aromatic rings. The van der Waals surface area contributed by atoms with Crippen LogP contribution in [-0.2, 0) is 4.79 Å². The Balaban J connectivity index is 2.50. The summed E-state index contributed by atoms with van der Waals surface area (Å²) in [4.78, 5) is 14.7. The van der Waals surface area contributed by atoms with E-state index in [9.17, 15) is 4.79 Å². The summed E-state index contributed by atoms with van der Waals surface area (Å²) in [6.45, 7) is 7.23. The summed E-state index contributed by atoms with van der Waals surface area (Å²) in [5.41, 5.74) is 2.52. The molecule has 0 saturated carbocycles. The average Bonchev–Trinajstić information content (AvgIpc) is 2.48. The molecule has 0 aromatic heterocycles. The molecule has 0 spiro atoms. The van der Waals surface area contributed by atoms with Crippen molar-refractivity contribution in [1.29, 1.82) is 0 Å². The second-order valence-electron chi connectivity index (χ2n) is 5.07. The third kappa shape index (κ3) is 3.33. The van der Waals surface area contributed by atoms with E-state index in [1.807, 2.05) is 49.9 Å². The van der Waals surface area contributed by atoms with E-state index in [4.69, 9.17) is 12.2 Å². The van der Waals surface area contributed by atoms with E-state index in [1.165, 1.54) is 0 Å². The highest BCUT2D eigenvalue weighted by molar-refractivity contribution is 9.10. The summed E-state index contributed by atoms with van der Waals surface area (Å²) in [7, 11) is 0. The zero-order valence-corrected chi connectivity index (χ0v) is 15.3. The number of rotatable bonds is 4. The van der Waals surface area contributed by atoms with E-state index in [0.29, 0.717) is 23.8 Å². The van der Waals surface area contributed by atoms with E-state index in [-0.39, 0.29) is 11.9 Å². The van der Waals surface area contributed by atoms with Crippen LogP contribution in [0.4, 0.5) is 0 Å². The molecule has 1 aliphatic heterocycles. The molecular formula is C16H20BrN3OS. The van der Waals surface area contributed by atoms with Crippen LogP contribution in [0.15, 0.2) is 40.0 Å². The van der Waals surface area contributed by atoms with Gasteiger partial charge in [0.15, 0.2) is 5.11 Å². The predicted octanol–water partition coefficient (Wildman–Crippen LogP) is 3.11. The average molecular weight is 382 g/mol. The third-order valence-corrected chi connectivity index (χ3v) is 4.71. The van der Waals surface area contributed by atoms with Gasteiger partial charge in [-0.1, -0.05) is 34.1 Å². The minimum atomic E-state index is -0.252. The number of amides is 1. The van der Waals surface area contributed by atoms with Crippen LogP contribution in [0.2, 0.25) is 0 Å². The maximum atomic E-state index is 12.9. The molecule has 4 nitrogen and oxygen atoms in total. The number of likely N-dealkylation sites (N-methyl/N-ethyl adjacent to an activating group) is 1. The van der Waals surface area contributed by atoms with Gasteiger partial charge in [0.2, 0.25) is 0 Å². The lowest BCUT2D eigenvalue weighted by Crippen LogP contribution is -2.47. The Morgan fingerprint density at radius 1 is 1.32 bits per heavy atom. The smallest absolute Gasteiger partial charge is 0.253 e. The van der Waals surface area contributed by atoms with Crippen molar-refractivity contribution in [1.82, 2.24) is 15.5 Å². The Morgan fingerprint density at radius 2 is 1.95 bits per heavy atom. The molecule has 0 aliphatic carbocycles. The highest BCUT2D eigenvalue weighted by atomic mass is 79.9. The van der Waals surface area contributed by atoms with E-state index in [0.717, 1.165) is 15.7 Å². The number of benzene rings is 1. The van der Waals surface area contributed by atoms with Crippen LogP contribution >= 0.6 is 28.1 Å². The Morgan fingerprint density at radius 3 is 2.55 bits per heavy atom. The first-order chi connectivity index (χ1) is 10.5. The monoisotopic (exact) mass is 381 g/mol. The van der Waals surface area contributed by atoms with E-state index >= 15 is 0 Å². The van der Waals surface area contributed by atoms with Crippen LogP contribution in [-0.4, -0.2) is 29.0 Å². The van der Waals surface area contributed by atoms with Crippen LogP contribution < -0.4 is 10.6 Å². The van der Waals surface area contributed by atoms with Gasteiger partial charge >= 0.3 is 0 Å². The second kappa shape index (κ2) is 7.24. The number of carbonyl (C=O) groups excluding carboxylic acids is 1. The first-order valence-corrected chi connectivity index (χ1v) is 8.51. The summed E-state index contributed by atoms with van der Waals surface area (Å²) in [6, 6.07) is 7.63. The zero-order valence-electron chi connectivity index (χ0n) is 12.9. The van der Waals surface area contributed by atoms with Gasteiger partial charge in [-0.3, -0.25) is 4.79 Å². The molecule has 0 unspecified atom stereocenters. The molecule has 0 radical (unpaired) electrons. The van der Waals surface area contributed by atoms with Crippen molar-refractivity contribution in [2.24, 2.45) is 0 Å². The first kappa shape index (κ1) is 17.0. The standard InChI is InChI=1S/C16H20BrN3OS/c1-4-20(5-2)15(21)13-10(3)18-16(22)19-14(13)11-8-6-7-9-12(11)17/h6-9,14H,4-5H2,1-3H3,(H2,18,19,22)/t14-/m0/s1. The van der Waals surface area contributed by atoms with Crippen molar-refractivity contribution < 1.29 is 4.79 Å². The SMILES string of the molecule is CCN(CC)C(=O)C1=C(C)NC(=S)N[C@H]1c1ccccc1Br. The van der Waals surface area contributed by atoms with E-state index < -0.39 is 0 Å². The molecule has 1 atom stereocenters. The molecule has 0 fully saturated rings. The third-order valence-electron chi connectivity index (χ3n) is 3.77. The van der Waals surface area contributed by atoms with E-state index in [2.05, 4.69) is 26.6 Å². The number of nitrogens with one attached hydrogen (secondary N) is 2. The maximum absolute atomic E-state index is 12.9. The van der Waals surface area contributed by atoms with Gasteiger partial charge in [0.05, 0.1) is 11.6 Å². The molecule has 2 N–H and O–H groups in total. The second-order valence-corrected chi connectivity index (χ2v) is 6.33. The van der Waals surface area contributed by atoms with Gasteiger partial charge in [-0.15, -0.1) is 0 Å². The minimum Gasteiger partial charge on any atom is -0.351 e. The number of allylic oxidation sites excluding steroid dienone is 1. The predicted molar refractivity (Wildman–Crippen MR) is 96.4 cm³/mol. The van der Waals surface area contributed by atoms with Gasteiger partial charge in [-0.25, -0.2) is 0 Å². The van der Waals surface area contributed by atoms with Crippen LogP contribution in [0.25, 0.3) is 0 Å². The first-order valence-electron chi connectivity index (χ1n) is 7.31. The summed E-state index contributed by atoms with van der Waals surface area (Å²) in [5.74, 6) is 0.0331. The minimum absolute atomic E-state index is 0.0331. The highest BCUT2D eigenvalue weighted by Gasteiger charge is 2.32. The number of hydrogen-bond acceptors (Lipinski definition) is 2. The Hall–Kier alpha value is -1.40. The van der Waals surface area contributed by atoms with Crippen molar-refractivity contribution >= 4 is 39.2 Å². The van der Waals surface area contributed by atoms with Crippen molar-refractivity contribution in [3.8, 4) is 0 Å². The lowest BCUT2D eigenvalue weighted by Gasteiger charge is -2.33. The van der Waals surface area contributed by atoms with Gasteiger partial charge in [-0.2, -0.15) is 0 Å². The summed E-state index contributed by atoms with van der Waals surface area (Å²) in [5, 5.41) is 6.83. The summed E-state index contributed by atoms with van der Waals surface area (Å²) < 4.78 is 0.954. The van der Waals surface area contributed by atoms with Crippen molar-refractivity contribution in [3.05, 3.63) is 45.6 Å². The van der Waals surface area contributed by atoms with Crippen molar-refractivity contribution in [3.63, 3.8) is 0 Å². The molecule has 1 amide bonds. The van der Waals surface area contributed by atoms with Crippen LogP contribution in [0, 0.1) is 0 Å². The molecule has 6 heteroatoms. The van der Waals surface area contributed by atoms with Gasteiger partial charge < -0.3 is 15.5 Å². The topological polar surface area (TPSA) is 44.4 Å². The Labute approximate surface area is 145 Å². The quantitative estimate of drug-likeness (QED) is 0.786. The number of halogens is 1. The molecule has 118 valence electrons. The molecule has 1 aromatic carbocycles. The normalized spacial score (nSPS) is 17.8. The van der Waals surface area contributed by atoms with Crippen molar-refractivity contribution in [2.45, 2.75) is 26.8 Å². The van der Waals surface area contributed by atoms with Crippen LogP contribution in [0.1, 0.15) is 32.4 Å². The Bertz CT molecular complexity index is 626. The maximum Gasteiger partial charge on any atom is 0.253 e. The molecule has 0 bridgehead atoms. The van der Waals surface area contributed by atoms with Gasteiger partial charge in [-0.05, 0) is 44.6 Å². The van der Waals surface area contributed by atoms with Crippen LogP contribution in [0.3, 0.4) is 0 Å². The molecular weight excluding hydrogens is 362 g/mol. The summed E-state index contributed by atoms with van der Waals surface area (Å²) >= 11 is 8.84. The number of carbonyl (C=O) groups is 1. The lowest BCUT2D eigenvalue weighted by atomic mass is 9.94. The van der Waals surface area contributed by atoms with Crippen molar-refractivity contribution in [2.75, 3.05) is 13.1 Å². The fourth-order valence-electron chi connectivity index (χ4n) is 2.60. The molecule has 1 heterocycles. The van der Waals surface area contributed by atoms with E-state index in [1.54, 1.807) is 0 Å². The highest BCUT2D eigenvalue weighted by Crippen LogP contribution is 2.32. The summed E-state index contributed by atoms with van der Waals surface area (Å²) in [6.07, 6.45) is 0. The number of nitrogens with zero attached hydrogens (tertiary/aromatic N) is 1. The zero-order chi connectivity index (χ0) is 16.3. The van der Waals surface area contributed by atoms with Crippen LogP contribution in [0.5, 0.6) is 0 Å². The molecule has 0 saturated heterocycles. The van der Waals surface area contributed by atoms with Gasteiger partial charge in [0, 0.05) is 23.3 Å². The number of hydrogen-bond donors (Lipinski definition) is 2. The lowest BCUT2D eigenvalue weighted by molar-refractivity contribution is -0.127. The molecule has 2 rings (SSSR count). The molecule has 1 aliphatic rings. The number of thiocarbonyl (C=S) groups is 1. The van der Waals surface area contributed by atoms with Gasteiger partial charge in [0.1, 0.15) is 0 Å². The Kier molecular flexibility index (Phi) is 5.58. The largest absolute Gasteiger partial charge is 0.351 e.